The Kier molecular flexibility index (Phi) is 3.49. The summed E-state index contributed by atoms with van der Waals surface area (Å²) in [6, 6.07) is 9.44. The number of aliphatic hydroxyl groups excluding tert-OH is 4. The van der Waals surface area contributed by atoms with Gasteiger partial charge in [0, 0.05) is 6.20 Å². The molecule has 1 saturated heterocycles. The molecule has 108 valence electrons. The molecule has 20 heavy (non-hydrogen) atoms. The molecule has 0 saturated carbocycles. The summed E-state index contributed by atoms with van der Waals surface area (Å²) in [5.74, 6) is 0. The summed E-state index contributed by atoms with van der Waals surface area (Å²) < 4.78 is 7.23. The van der Waals surface area contributed by atoms with E-state index in [-0.39, 0.29) is 0 Å². The van der Waals surface area contributed by atoms with Crippen LogP contribution in [0.2, 0.25) is 0 Å². The van der Waals surface area contributed by atoms with Gasteiger partial charge in [-0.1, -0.05) is 18.2 Å². The lowest BCUT2D eigenvalue weighted by Crippen LogP contribution is -2.56. The predicted octanol–water partition coefficient (Wildman–Crippen LogP) is -0.386. The molecule has 1 aliphatic rings. The molecule has 5 atom stereocenters. The van der Waals surface area contributed by atoms with Crippen molar-refractivity contribution in [3.8, 4) is 0 Å². The fraction of sp³-hybridized carbons (Fsp3) is 0.429. The molecule has 1 aromatic carbocycles. The quantitative estimate of drug-likeness (QED) is 0.601. The maximum Gasteiger partial charge on any atom is 0.163 e. The first-order chi connectivity index (χ1) is 9.63. The normalized spacial score (nSPS) is 34.5. The number of fused-ring (bicyclic) bond motifs is 1. The molecule has 0 unspecified atom stereocenters. The fourth-order valence-corrected chi connectivity index (χ4v) is 2.64. The van der Waals surface area contributed by atoms with E-state index in [1.54, 1.807) is 10.8 Å². The second-order valence-corrected chi connectivity index (χ2v) is 5.00. The Hall–Kier alpha value is -1.44. The van der Waals surface area contributed by atoms with Gasteiger partial charge in [0.1, 0.15) is 24.4 Å². The van der Waals surface area contributed by atoms with E-state index in [0.717, 1.165) is 10.9 Å². The molecular weight excluding hydrogens is 262 g/mol. The summed E-state index contributed by atoms with van der Waals surface area (Å²) >= 11 is 0. The SMILES string of the molecule is OC[C@H]1O[C@@H](n2ccc3ccccc32)[C@H](O)[C@@H](O)[C@@H]1O. The molecule has 2 heterocycles. The highest BCUT2D eigenvalue weighted by atomic mass is 16.6. The van der Waals surface area contributed by atoms with Gasteiger partial charge in [0.15, 0.2) is 6.23 Å². The van der Waals surface area contributed by atoms with Crippen LogP contribution in [0.5, 0.6) is 0 Å². The summed E-state index contributed by atoms with van der Waals surface area (Å²) in [5.41, 5.74) is 0.844. The average Bonchev–Trinajstić information content (AvgIpc) is 2.89. The Balaban J connectivity index is 2.00. The molecule has 0 aliphatic carbocycles. The Morgan fingerprint density at radius 2 is 1.75 bits per heavy atom. The van der Waals surface area contributed by atoms with Crippen LogP contribution in [-0.4, -0.2) is 56.0 Å². The second kappa shape index (κ2) is 5.16. The molecule has 1 aliphatic heterocycles. The van der Waals surface area contributed by atoms with E-state index in [0.29, 0.717) is 0 Å². The minimum absolute atomic E-state index is 0.430. The number of aliphatic hydroxyl groups is 4. The van der Waals surface area contributed by atoms with Gasteiger partial charge >= 0.3 is 0 Å². The number of ether oxygens (including phenoxy) is 1. The molecule has 6 nitrogen and oxygen atoms in total. The van der Waals surface area contributed by atoms with Gasteiger partial charge in [0.05, 0.1) is 12.1 Å². The topological polar surface area (TPSA) is 95.1 Å². The van der Waals surface area contributed by atoms with Crippen molar-refractivity contribution in [2.75, 3.05) is 6.61 Å². The summed E-state index contributed by atoms with van der Waals surface area (Å²) in [6.07, 6.45) is -3.99. The first-order valence-corrected chi connectivity index (χ1v) is 6.49. The standard InChI is InChI=1S/C14H17NO5/c16-7-10-11(17)12(18)13(19)14(20-10)15-6-5-8-3-1-2-4-9(8)15/h1-6,10-14,16-19H,7H2/t10-,11-,12+,13-,14-/m1/s1. The minimum Gasteiger partial charge on any atom is -0.394 e. The van der Waals surface area contributed by atoms with Crippen LogP contribution in [0.25, 0.3) is 10.9 Å². The van der Waals surface area contributed by atoms with Crippen molar-refractivity contribution < 1.29 is 25.2 Å². The summed E-state index contributed by atoms with van der Waals surface area (Å²) in [5, 5.41) is 39.9. The molecule has 0 bridgehead atoms. The van der Waals surface area contributed by atoms with Gasteiger partial charge in [-0.3, -0.25) is 0 Å². The molecule has 0 amide bonds. The van der Waals surface area contributed by atoms with Crippen molar-refractivity contribution in [2.45, 2.75) is 30.6 Å². The van der Waals surface area contributed by atoms with Crippen molar-refractivity contribution in [3.05, 3.63) is 36.5 Å². The van der Waals surface area contributed by atoms with Gasteiger partial charge in [-0.2, -0.15) is 0 Å². The van der Waals surface area contributed by atoms with E-state index < -0.39 is 37.3 Å². The smallest absolute Gasteiger partial charge is 0.163 e. The monoisotopic (exact) mass is 279 g/mol. The lowest BCUT2D eigenvalue weighted by atomic mass is 9.98. The first kappa shape index (κ1) is 13.5. The third kappa shape index (κ3) is 2.02. The highest BCUT2D eigenvalue weighted by Crippen LogP contribution is 2.31. The van der Waals surface area contributed by atoms with E-state index in [1.807, 2.05) is 30.3 Å². The molecule has 3 rings (SSSR count). The number of hydrogen-bond donors (Lipinski definition) is 4. The number of nitrogens with zero attached hydrogens (tertiary/aromatic N) is 1. The number of benzene rings is 1. The third-order valence-corrected chi connectivity index (χ3v) is 3.77. The van der Waals surface area contributed by atoms with E-state index in [1.165, 1.54) is 0 Å². The molecular formula is C14H17NO5. The third-order valence-electron chi connectivity index (χ3n) is 3.77. The van der Waals surface area contributed by atoms with Gasteiger partial charge in [-0.15, -0.1) is 0 Å². The molecule has 0 radical (unpaired) electrons. The predicted molar refractivity (Wildman–Crippen MR) is 71.0 cm³/mol. The molecule has 0 spiro atoms. The number of rotatable bonds is 2. The molecule has 2 aromatic rings. The average molecular weight is 279 g/mol. The molecule has 6 heteroatoms. The highest BCUT2D eigenvalue weighted by molar-refractivity contribution is 5.80. The van der Waals surface area contributed by atoms with Crippen LogP contribution in [0.15, 0.2) is 36.5 Å². The zero-order valence-electron chi connectivity index (χ0n) is 10.7. The van der Waals surface area contributed by atoms with Crippen LogP contribution in [0.3, 0.4) is 0 Å². The largest absolute Gasteiger partial charge is 0.394 e. The molecule has 1 aromatic heterocycles. The van der Waals surface area contributed by atoms with Gasteiger partial charge in [0.25, 0.3) is 0 Å². The maximum atomic E-state index is 10.1. The van der Waals surface area contributed by atoms with Gasteiger partial charge in [-0.05, 0) is 17.5 Å². The van der Waals surface area contributed by atoms with E-state index in [4.69, 9.17) is 4.74 Å². The number of aromatic nitrogens is 1. The van der Waals surface area contributed by atoms with E-state index in [9.17, 15) is 20.4 Å². The lowest BCUT2D eigenvalue weighted by Gasteiger charge is -2.40. The van der Waals surface area contributed by atoms with E-state index >= 15 is 0 Å². The van der Waals surface area contributed by atoms with Crippen LogP contribution >= 0.6 is 0 Å². The molecule has 1 fully saturated rings. The summed E-state index contributed by atoms with van der Waals surface area (Å²) in [6.45, 7) is -0.430. The van der Waals surface area contributed by atoms with E-state index in [2.05, 4.69) is 0 Å². The van der Waals surface area contributed by atoms with Gasteiger partial charge < -0.3 is 29.7 Å². The Morgan fingerprint density at radius 3 is 2.50 bits per heavy atom. The van der Waals surface area contributed by atoms with Crippen molar-refractivity contribution in [1.82, 2.24) is 4.57 Å². The number of para-hydroxylation sites is 1. The van der Waals surface area contributed by atoms with Crippen molar-refractivity contribution in [1.29, 1.82) is 0 Å². The van der Waals surface area contributed by atoms with Crippen LogP contribution in [-0.2, 0) is 4.74 Å². The van der Waals surface area contributed by atoms with Gasteiger partial charge in [0.2, 0.25) is 0 Å². The van der Waals surface area contributed by atoms with Crippen LogP contribution in [0.4, 0.5) is 0 Å². The van der Waals surface area contributed by atoms with Gasteiger partial charge in [-0.25, -0.2) is 0 Å². The summed E-state index contributed by atoms with van der Waals surface area (Å²) in [4.78, 5) is 0. The summed E-state index contributed by atoms with van der Waals surface area (Å²) in [7, 11) is 0. The Bertz CT molecular complexity index is 596. The minimum atomic E-state index is -1.37. The van der Waals surface area contributed by atoms with Crippen molar-refractivity contribution in [3.63, 3.8) is 0 Å². The Morgan fingerprint density at radius 1 is 1.00 bits per heavy atom. The highest BCUT2D eigenvalue weighted by Gasteiger charge is 2.44. The van der Waals surface area contributed by atoms with Crippen molar-refractivity contribution in [2.24, 2.45) is 0 Å². The molecule has 4 N–H and O–H groups in total. The van der Waals surface area contributed by atoms with Crippen LogP contribution < -0.4 is 0 Å². The number of hydrogen-bond acceptors (Lipinski definition) is 5. The first-order valence-electron chi connectivity index (χ1n) is 6.49. The van der Waals surface area contributed by atoms with Crippen LogP contribution in [0, 0.1) is 0 Å². The maximum absolute atomic E-state index is 10.1. The van der Waals surface area contributed by atoms with Crippen LogP contribution in [0.1, 0.15) is 6.23 Å². The zero-order chi connectivity index (χ0) is 14.3. The van der Waals surface area contributed by atoms with Crippen molar-refractivity contribution >= 4 is 10.9 Å². The zero-order valence-corrected chi connectivity index (χ0v) is 10.7. The second-order valence-electron chi connectivity index (χ2n) is 5.00. The lowest BCUT2D eigenvalue weighted by molar-refractivity contribution is -0.250. The Labute approximate surface area is 115 Å². The fourth-order valence-electron chi connectivity index (χ4n) is 2.64.